The molecule has 29 heavy (non-hydrogen) atoms. The molecule has 2 aromatic carbocycles. The van der Waals surface area contributed by atoms with E-state index < -0.39 is 0 Å². The maximum Gasteiger partial charge on any atom is 0.256 e. The molecular formula is C22H16BrN5O. The van der Waals surface area contributed by atoms with Crippen LogP contribution in [0.15, 0.2) is 71.3 Å². The number of fused-ring (bicyclic) bond motifs is 1. The molecule has 6 nitrogen and oxygen atoms in total. The predicted octanol–water partition coefficient (Wildman–Crippen LogP) is 5.06. The molecule has 1 amide bonds. The lowest BCUT2D eigenvalue weighted by Crippen LogP contribution is -2.12. The number of halogens is 1. The maximum atomic E-state index is 12.5. The van der Waals surface area contributed by atoms with Gasteiger partial charge in [-0.05, 0) is 52.3 Å². The summed E-state index contributed by atoms with van der Waals surface area (Å²) in [5, 5.41) is 16.2. The standard InChI is InChI=1S/C22H16BrN5O/c23-19-7-3-2-6-18(19)22(29)28-17-10-15-9-16(27-21(15)26-13-17)12-25-20-8-4-1-5-14(20)11-24/h1-10,13,25H,12H2,(H,26,27)(H,28,29). The molecule has 0 atom stereocenters. The van der Waals surface area contributed by atoms with E-state index >= 15 is 0 Å². The SMILES string of the molecule is N#Cc1ccccc1NCc1cc2cc(NC(=O)c3ccccc3Br)cnc2[nH]1. The summed E-state index contributed by atoms with van der Waals surface area (Å²) >= 11 is 3.39. The Morgan fingerprint density at radius 1 is 1.14 bits per heavy atom. The summed E-state index contributed by atoms with van der Waals surface area (Å²) in [6.07, 6.45) is 1.62. The first kappa shape index (κ1) is 18.7. The van der Waals surface area contributed by atoms with Gasteiger partial charge in [0.1, 0.15) is 11.7 Å². The molecule has 2 aromatic heterocycles. The Morgan fingerprint density at radius 3 is 2.76 bits per heavy atom. The predicted molar refractivity (Wildman–Crippen MR) is 117 cm³/mol. The molecule has 4 rings (SSSR count). The summed E-state index contributed by atoms with van der Waals surface area (Å²) in [4.78, 5) is 20.1. The monoisotopic (exact) mass is 445 g/mol. The van der Waals surface area contributed by atoms with Crippen LogP contribution >= 0.6 is 15.9 Å². The fraction of sp³-hybridized carbons (Fsp3) is 0.0455. The van der Waals surface area contributed by atoms with E-state index in [4.69, 9.17) is 0 Å². The van der Waals surface area contributed by atoms with Crippen molar-refractivity contribution in [3.63, 3.8) is 0 Å². The molecule has 0 aliphatic rings. The fourth-order valence-corrected chi connectivity index (χ4v) is 3.47. The van der Waals surface area contributed by atoms with Crippen LogP contribution in [0.5, 0.6) is 0 Å². The molecule has 0 saturated carbocycles. The zero-order valence-corrected chi connectivity index (χ0v) is 16.8. The summed E-state index contributed by atoms with van der Waals surface area (Å²) < 4.78 is 0.735. The zero-order chi connectivity index (χ0) is 20.2. The van der Waals surface area contributed by atoms with E-state index in [1.807, 2.05) is 48.5 Å². The van der Waals surface area contributed by atoms with Gasteiger partial charge in [0, 0.05) is 15.6 Å². The van der Waals surface area contributed by atoms with Crippen molar-refractivity contribution in [1.82, 2.24) is 9.97 Å². The number of nitrogens with zero attached hydrogens (tertiary/aromatic N) is 2. The van der Waals surface area contributed by atoms with Crippen molar-refractivity contribution in [3.05, 3.63) is 88.2 Å². The number of nitriles is 1. The highest BCUT2D eigenvalue weighted by Crippen LogP contribution is 2.22. The van der Waals surface area contributed by atoms with E-state index in [1.165, 1.54) is 0 Å². The molecule has 4 aromatic rings. The van der Waals surface area contributed by atoms with Crippen LogP contribution in [-0.4, -0.2) is 15.9 Å². The van der Waals surface area contributed by atoms with E-state index in [2.05, 4.69) is 42.6 Å². The lowest BCUT2D eigenvalue weighted by molar-refractivity contribution is 0.102. The van der Waals surface area contributed by atoms with Gasteiger partial charge in [-0.2, -0.15) is 5.26 Å². The van der Waals surface area contributed by atoms with Gasteiger partial charge in [-0.3, -0.25) is 4.79 Å². The molecule has 0 spiro atoms. The summed E-state index contributed by atoms with van der Waals surface area (Å²) in [6.45, 7) is 0.522. The molecule has 0 aliphatic carbocycles. The average Bonchev–Trinajstić information content (AvgIpc) is 3.15. The molecule has 0 saturated heterocycles. The third-order valence-electron chi connectivity index (χ3n) is 4.42. The van der Waals surface area contributed by atoms with Gasteiger partial charge in [0.05, 0.1) is 35.2 Å². The Morgan fingerprint density at radius 2 is 1.93 bits per heavy atom. The quantitative estimate of drug-likeness (QED) is 0.400. The van der Waals surface area contributed by atoms with Crippen molar-refractivity contribution in [3.8, 4) is 6.07 Å². The molecular weight excluding hydrogens is 430 g/mol. The Balaban J connectivity index is 1.50. The number of amides is 1. The van der Waals surface area contributed by atoms with E-state index in [0.29, 0.717) is 23.4 Å². The number of aromatic nitrogens is 2. The number of aromatic amines is 1. The Hall–Kier alpha value is -3.63. The van der Waals surface area contributed by atoms with Crippen molar-refractivity contribution in [2.45, 2.75) is 6.54 Å². The van der Waals surface area contributed by atoms with E-state index in [1.54, 1.807) is 18.3 Å². The smallest absolute Gasteiger partial charge is 0.256 e. The van der Waals surface area contributed by atoms with Gasteiger partial charge < -0.3 is 15.6 Å². The fourth-order valence-electron chi connectivity index (χ4n) is 3.00. The van der Waals surface area contributed by atoms with Crippen molar-refractivity contribution < 1.29 is 4.79 Å². The lowest BCUT2D eigenvalue weighted by Gasteiger charge is -2.06. The second kappa shape index (κ2) is 8.17. The van der Waals surface area contributed by atoms with Crippen molar-refractivity contribution >= 4 is 44.2 Å². The van der Waals surface area contributed by atoms with Crippen LogP contribution in [0.4, 0.5) is 11.4 Å². The van der Waals surface area contributed by atoms with Gasteiger partial charge in [0.15, 0.2) is 0 Å². The molecule has 2 heterocycles. The largest absolute Gasteiger partial charge is 0.378 e. The number of carbonyl (C=O) groups is 1. The second-order valence-corrected chi connectivity index (χ2v) is 7.26. The minimum absolute atomic E-state index is 0.204. The van der Waals surface area contributed by atoms with Gasteiger partial charge in [0.25, 0.3) is 5.91 Å². The first-order valence-electron chi connectivity index (χ1n) is 8.90. The number of benzene rings is 2. The van der Waals surface area contributed by atoms with E-state index in [-0.39, 0.29) is 5.91 Å². The summed E-state index contributed by atoms with van der Waals surface area (Å²) in [7, 11) is 0. The number of hydrogen-bond donors (Lipinski definition) is 3. The highest BCUT2D eigenvalue weighted by atomic mass is 79.9. The third kappa shape index (κ3) is 4.13. The number of pyridine rings is 1. The van der Waals surface area contributed by atoms with E-state index in [9.17, 15) is 10.1 Å². The normalized spacial score (nSPS) is 10.5. The number of H-pyrrole nitrogens is 1. The Labute approximate surface area is 175 Å². The van der Waals surface area contributed by atoms with Crippen LogP contribution in [0.1, 0.15) is 21.6 Å². The number of anilines is 2. The van der Waals surface area contributed by atoms with Crippen LogP contribution in [-0.2, 0) is 6.54 Å². The number of nitrogens with one attached hydrogen (secondary N) is 3. The molecule has 0 radical (unpaired) electrons. The minimum Gasteiger partial charge on any atom is -0.378 e. The number of para-hydroxylation sites is 1. The summed E-state index contributed by atoms with van der Waals surface area (Å²) in [5.41, 5.74) is 4.21. The zero-order valence-electron chi connectivity index (χ0n) is 15.2. The highest BCUT2D eigenvalue weighted by molar-refractivity contribution is 9.10. The van der Waals surface area contributed by atoms with Crippen LogP contribution in [0.2, 0.25) is 0 Å². The summed E-state index contributed by atoms with van der Waals surface area (Å²) in [5.74, 6) is -0.204. The lowest BCUT2D eigenvalue weighted by atomic mass is 10.2. The molecule has 0 unspecified atom stereocenters. The number of carbonyl (C=O) groups excluding carboxylic acids is 1. The second-order valence-electron chi connectivity index (χ2n) is 6.40. The average molecular weight is 446 g/mol. The Bertz CT molecular complexity index is 1240. The topological polar surface area (TPSA) is 93.6 Å². The van der Waals surface area contributed by atoms with Gasteiger partial charge in [-0.15, -0.1) is 0 Å². The van der Waals surface area contributed by atoms with Crippen molar-refractivity contribution in [1.29, 1.82) is 5.26 Å². The van der Waals surface area contributed by atoms with Gasteiger partial charge in [0.2, 0.25) is 0 Å². The maximum absolute atomic E-state index is 12.5. The van der Waals surface area contributed by atoms with Crippen LogP contribution in [0, 0.1) is 11.3 Å². The molecule has 0 aliphatic heterocycles. The van der Waals surface area contributed by atoms with Crippen molar-refractivity contribution in [2.75, 3.05) is 10.6 Å². The van der Waals surface area contributed by atoms with Gasteiger partial charge >= 0.3 is 0 Å². The van der Waals surface area contributed by atoms with Gasteiger partial charge in [-0.1, -0.05) is 24.3 Å². The molecule has 0 fully saturated rings. The van der Waals surface area contributed by atoms with Crippen LogP contribution in [0.25, 0.3) is 11.0 Å². The highest BCUT2D eigenvalue weighted by Gasteiger charge is 2.11. The third-order valence-corrected chi connectivity index (χ3v) is 5.11. The summed E-state index contributed by atoms with van der Waals surface area (Å²) in [6, 6.07) is 20.6. The van der Waals surface area contributed by atoms with Gasteiger partial charge in [-0.25, -0.2) is 4.98 Å². The first-order chi connectivity index (χ1) is 14.1. The Kier molecular flexibility index (Phi) is 5.27. The van der Waals surface area contributed by atoms with E-state index in [0.717, 1.165) is 26.9 Å². The minimum atomic E-state index is -0.204. The number of rotatable bonds is 5. The molecule has 0 bridgehead atoms. The number of hydrogen-bond acceptors (Lipinski definition) is 4. The van der Waals surface area contributed by atoms with Crippen molar-refractivity contribution in [2.24, 2.45) is 0 Å². The molecule has 3 N–H and O–H groups in total. The first-order valence-corrected chi connectivity index (χ1v) is 9.70. The van der Waals surface area contributed by atoms with Crippen LogP contribution in [0.3, 0.4) is 0 Å². The van der Waals surface area contributed by atoms with Crippen LogP contribution < -0.4 is 10.6 Å². The molecule has 142 valence electrons. The molecule has 7 heteroatoms.